The third-order valence-corrected chi connectivity index (χ3v) is 8.46. The van der Waals surface area contributed by atoms with Gasteiger partial charge in [-0.25, -0.2) is 16.8 Å². The minimum atomic E-state index is -3.62. The lowest BCUT2D eigenvalue weighted by molar-refractivity contribution is 0.341. The van der Waals surface area contributed by atoms with Gasteiger partial charge < -0.3 is 4.90 Å². The van der Waals surface area contributed by atoms with Gasteiger partial charge >= 0.3 is 0 Å². The molecule has 0 spiro atoms. The van der Waals surface area contributed by atoms with Crippen LogP contribution in [-0.2, 0) is 19.7 Å². The lowest BCUT2D eigenvalue weighted by atomic mass is 10.1. The van der Waals surface area contributed by atoms with Gasteiger partial charge in [-0.15, -0.1) is 0 Å². The first-order valence-corrected chi connectivity index (χ1v) is 11.9. The normalized spacial score (nSPS) is 19.7. The van der Waals surface area contributed by atoms with Crippen LogP contribution in [0, 0.1) is 5.92 Å². The Hall–Kier alpha value is -0.920. The molecule has 1 unspecified atom stereocenters. The van der Waals surface area contributed by atoms with E-state index in [4.69, 9.17) is 0 Å². The van der Waals surface area contributed by atoms with Gasteiger partial charge in [-0.2, -0.15) is 0 Å². The van der Waals surface area contributed by atoms with Crippen molar-refractivity contribution >= 4 is 19.7 Å². The van der Waals surface area contributed by atoms with Crippen molar-refractivity contribution in [2.75, 3.05) is 31.1 Å². The summed E-state index contributed by atoms with van der Waals surface area (Å²) in [6.07, 6.45) is 2.68. The molecular weight excluding hydrogens is 346 g/mol. The van der Waals surface area contributed by atoms with Crippen LogP contribution < -0.4 is 0 Å². The maximum atomic E-state index is 12.7. The van der Waals surface area contributed by atoms with Crippen LogP contribution in [0.15, 0.2) is 34.1 Å². The van der Waals surface area contributed by atoms with Crippen LogP contribution in [0.2, 0.25) is 0 Å². The summed E-state index contributed by atoms with van der Waals surface area (Å²) in [6, 6.07) is 5.98. The van der Waals surface area contributed by atoms with E-state index >= 15 is 0 Å². The number of hydrogen-bond acceptors (Lipinski definition) is 5. The summed E-state index contributed by atoms with van der Waals surface area (Å²) in [6.45, 7) is 6.23. The molecule has 1 heterocycles. The van der Waals surface area contributed by atoms with Crippen molar-refractivity contribution in [2.24, 2.45) is 5.92 Å². The number of rotatable bonds is 8. The number of nitrogens with zero attached hydrogens (tertiary/aromatic N) is 1. The van der Waals surface area contributed by atoms with Crippen molar-refractivity contribution in [1.29, 1.82) is 0 Å². The Morgan fingerprint density at radius 2 is 1.58 bits per heavy atom. The number of hydrogen-bond donors (Lipinski definition) is 0. The molecule has 0 amide bonds. The minimum absolute atomic E-state index is 0.0379. The van der Waals surface area contributed by atoms with Gasteiger partial charge in [0.05, 0.1) is 21.3 Å². The highest BCUT2D eigenvalue weighted by molar-refractivity contribution is 7.94. The summed E-state index contributed by atoms with van der Waals surface area (Å²) >= 11 is 0. The first-order chi connectivity index (χ1) is 11.3. The lowest BCUT2D eigenvalue weighted by Gasteiger charge is -2.16. The second-order valence-corrected chi connectivity index (χ2v) is 10.6. The summed E-state index contributed by atoms with van der Waals surface area (Å²) in [4.78, 5) is 2.05. The van der Waals surface area contributed by atoms with Crippen molar-refractivity contribution in [3.8, 4) is 0 Å². The summed E-state index contributed by atoms with van der Waals surface area (Å²) in [7, 11) is -7.19. The molecule has 24 heavy (non-hydrogen) atoms. The second-order valence-electron chi connectivity index (χ2n) is 6.45. The molecule has 5 nitrogen and oxygen atoms in total. The number of benzene rings is 1. The van der Waals surface area contributed by atoms with E-state index in [-0.39, 0.29) is 21.3 Å². The zero-order valence-electron chi connectivity index (χ0n) is 14.4. The van der Waals surface area contributed by atoms with Crippen LogP contribution in [0.1, 0.15) is 33.1 Å². The number of likely N-dealkylation sites (tertiary alicyclic amines) is 1. The standard InChI is InChI=1S/C17H27NO4S2/c1-3-12-23(19,20)16-7-5-6-8-17(16)24(21,22)13-11-18-10-9-15(4-2)14-18/h5-8,15H,3-4,9-14H2,1-2H3. The molecule has 7 heteroatoms. The van der Waals surface area contributed by atoms with Crippen LogP contribution >= 0.6 is 0 Å². The molecule has 1 atom stereocenters. The smallest absolute Gasteiger partial charge is 0.180 e. The third-order valence-electron chi connectivity index (χ3n) is 4.62. The van der Waals surface area contributed by atoms with Gasteiger partial charge in [-0.1, -0.05) is 32.4 Å². The van der Waals surface area contributed by atoms with Gasteiger partial charge in [0.2, 0.25) is 0 Å². The van der Waals surface area contributed by atoms with Crippen LogP contribution in [0.25, 0.3) is 0 Å². The maximum Gasteiger partial charge on any atom is 0.180 e. The summed E-state index contributed by atoms with van der Waals surface area (Å²) in [5.41, 5.74) is 0. The molecule has 1 aromatic rings. The number of sulfone groups is 2. The fourth-order valence-corrected chi connectivity index (χ4v) is 6.71. The van der Waals surface area contributed by atoms with Gasteiger partial charge in [0, 0.05) is 13.1 Å². The molecule has 1 fully saturated rings. The van der Waals surface area contributed by atoms with E-state index < -0.39 is 19.7 Å². The predicted octanol–water partition coefficient (Wildman–Crippen LogP) is 2.38. The quantitative estimate of drug-likeness (QED) is 0.700. The van der Waals surface area contributed by atoms with Gasteiger partial charge in [0.15, 0.2) is 19.7 Å². The van der Waals surface area contributed by atoms with Crippen LogP contribution in [0.5, 0.6) is 0 Å². The predicted molar refractivity (Wildman–Crippen MR) is 95.7 cm³/mol. The molecule has 0 bridgehead atoms. The van der Waals surface area contributed by atoms with E-state index in [0.29, 0.717) is 18.9 Å². The van der Waals surface area contributed by atoms with E-state index in [9.17, 15) is 16.8 Å². The first-order valence-electron chi connectivity index (χ1n) is 8.57. The van der Waals surface area contributed by atoms with Crippen molar-refractivity contribution in [2.45, 2.75) is 42.9 Å². The molecule has 1 aromatic carbocycles. The molecule has 2 rings (SSSR count). The van der Waals surface area contributed by atoms with Gasteiger partial charge in [-0.3, -0.25) is 0 Å². The highest BCUT2D eigenvalue weighted by Crippen LogP contribution is 2.24. The van der Waals surface area contributed by atoms with Gasteiger partial charge in [0.1, 0.15) is 0 Å². The average Bonchev–Trinajstić information content (AvgIpc) is 3.01. The maximum absolute atomic E-state index is 12.7. The second kappa shape index (κ2) is 7.97. The molecule has 136 valence electrons. The highest BCUT2D eigenvalue weighted by Gasteiger charge is 2.27. The molecule has 1 saturated heterocycles. The monoisotopic (exact) mass is 373 g/mol. The van der Waals surface area contributed by atoms with E-state index in [1.807, 2.05) is 0 Å². The van der Waals surface area contributed by atoms with Gasteiger partial charge in [-0.05, 0) is 37.4 Å². The third kappa shape index (κ3) is 4.58. The van der Waals surface area contributed by atoms with Gasteiger partial charge in [0.25, 0.3) is 0 Å². The van der Waals surface area contributed by atoms with Crippen molar-refractivity contribution < 1.29 is 16.8 Å². The fourth-order valence-electron chi connectivity index (χ4n) is 3.15. The fraction of sp³-hybridized carbons (Fsp3) is 0.647. The summed E-state index contributed by atoms with van der Waals surface area (Å²) in [5.74, 6) is 0.566. The first kappa shape index (κ1) is 19.4. The Morgan fingerprint density at radius 3 is 2.08 bits per heavy atom. The molecule has 0 N–H and O–H groups in total. The van der Waals surface area contributed by atoms with E-state index in [2.05, 4.69) is 11.8 Å². The molecule has 0 saturated carbocycles. The zero-order valence-corrected chi connectivity index (χ0v) is 16.1. The molecule has 0 aliphatic carbocycles. The topological polar surface area (TPSA) is 71.5 Å². The van der Waals surface area contributed by atoms with Crippen molar-refractivity contribution in [3.63, 3.8) is 0 Å². The lowest BCUT2D eigenvalue weighted by Crippen LogP contribution is -2.28. The Balaban J connectivity index is 2.18. The average molecular weight is 374 g/mol. The van der Waals surface area contributed by atoms with Crippen LogP contribution in [0.4, 0.5) is 0 Å². The van der Waals surface area contributed by atoms with E-state index in [0.717, 1.165) is 25.9 Å². The molecule has 0 aromatic heterocycles. The van der Waals surface area contributed by atoms with E-state index in [1.54, 1.807) is 19.1 Å². The van der Waals surface area contributed by atoms with Crippen molar-refractivity contribution in [1.82, 2.24) is 4.90 Å². The van der Waals surface area contributed by atoms with E-state index in [1.165, 1.54) is 12.1 Å². The Morgan fingerprint density at radius 1 is 1.00 bits per heavy atom. The SMILES string of the molecule is CCCS(=O)(=O)c1ccccc1S(=O)(=O)CCN1CCC(CC)C1. The molecular formula is C17H27NO4S2. The minimum Gasteiger partial charge on any atom is -0.302 e. The Bertz CT molecular complexity index is 757. The summed E-state index contributed by atoms with van der Waals surface area (Å²) in [5, 5.41) is 0. The molecule has 1 aliphatic heterocycles. The van der Waals surface area contributed by atoms with Crippen molar-refractivity contribution in [3.05, 3.63) is 24.3 Å². The molecule has 1 aliphatic rings. The zero-order chi connectivity index (χ0) is 17.8. The largest absolute Gasteiger partial charge is 0.302 e. The Kier molecular flexibility index (Phi) is 6.45. The summed E-state index contributed by atoms with van der Waals surface area (Å²) < 4.78 is 50.2. The van der Waals surface area contributed by atoms with Crippen LogP contribution in [0.3, 0.4) is 0 Å². The Labute approximate surface area is 145 Å². The van der Waals surface area contributed by atoms with Crippen LogP contribution in [-0.4, -0.2) is 52.9 Å². The molecule has 0 radical (unpaired) electrons. The highest BCUT2D eigenvalue weighted by atomic mass is 32.2.